The van der Waals surface area contributed by atoms with Crippen LogP contribution in [0.15, 0.2) is 12.1 Å². The zero-order valence-electron chi connectivity index (χ0n) is 10.5. The van der Waals surface area contributed by atoms with Crippen LogP contribution in [-0.2, 0) is 4.79 Å². The molecule has 1 aromatic carbocycles. The van der Waals surface area contributed by atoms with Crippen molar-refractivity contribution >= 4 is 17.3 Å². The summed E-state index contributed by atoms with van der Waals surface area (Å²) in [5.41, 5.74) is 9.55. The van der Waals surface area contributed by atoms with Crippen molar-refractivity contribution in [1.29, 1.82) is 0 Å². The zero-order valence-corrected chi connectivity index (χ0v) is 10.5. The second-order valence-corrected chi connectivity index (χ2v) is 5.02. The van der Waals surface area contributed by atoms with Gasteiger partial charge in [0.25, 0.3) is 0 Å². The molecule has 0 heterocycles. The number of amides is 1. The van der Waals surface area contributed by atoms with Crippen molar-refractivity contribution in [1.82, 2.24) is 0 Å². The lowest BCUT2D eigenvalue weighted by atomic mass is 9.83. The number of carbonyl (C=O) groups excluding carboxylic acids is 1. The van der Waals surface area contributed by atoms with E-state index in [1.807, 2.05) is 26.0 Å². The quantitative estimate of drug-likeness (QED) is 0.787. The molecule has 0 bridgehead atoms. The molecule has 3 heteroatoms. The van der Waals surface area contributed by atoms with Gasteiger partial charge in [-0.3, -0.25) is 4.79 Å². The molecule has 3 N–H and O–H groups in total. The maximum absolute atomic E-state index is 11.9. The monoisotopic (exact) mass is 232 g/mol. The summed E-state index contributed by atoms with van der Waals surface area (Å²) in [4.78, 5) is 11.9. The number of nitrogen functional groups attached to an aromatic ring is 1. The van der Waals surface area contributed by atoms with Crippen LogP contribution in [-0.4, -0.2) is 5.91 Å². The molecule has 1 aliphatic carbocycles. The van der Waals surface area contributed by atoms with Crippen LogP contribution in [0.25, 0.3) is 0 Å². The van der Waals surface area contributed by atoms with Crippen LogP contribution in [0.2, 0.25) is 0 Å². The van der Waals surface area contributed by atoms with Gasteiger partial charge in [0.05, 0.1) is 11.4 Å². The minimum Gasteiger partial charge on any atom is -0.397 e. The molecule has 0 aromatic heterocycles. The predicted octanol–water partition coefficient (Wildman–Crippen LogP) is 3.01. The zero-order chi connectivity index (χ0) is 12.4. The van der Waals surface area contributed by atoms with Gasteiger partial charge in [-0.2, -0.15) is 0 Å². The fraction of sp³-hybridized carbons (Fsp3) is 0.500. The number of nitrogens with one attached hydrogen (secondary N) is 1. The molecule has 17 heavy (non-hydrogen) atoms. The highest BCUT2D eigenvalue weighted by molar-refractivity contribution is 5.95. The lowest BCUT2D eigenvalue weighted by Gasteiger charge is -2.24. The van der Waals surface area contributed by atoms with Crippen LogP contribution in [0.4, 0.5) is 11.4 Å². The minimum atomic E-state index is 0.0927. The van der Waals surface area contributed by atoms with Gasteiger partial charge < -0.3 is 11.1 Å². The fourth-order valence-electron chi connectivity index (χ4n) is 2.15. The first kappa shape index (κ1) is 12.0. The van der Waals surface area contributed by atoms with E-state index in [0.717, 1.165) is 16.8 Å². The van der Waals surface area contributed by atoms with Gasteiger partial charge in [-0.25, -0.2) is 0 Å². The van der Waals surface area contributed by atoms with E-state index in [-0.39, 0.29) is 5.91 Å². The van der Waals surface area contributed by atoms with Crippen molar-refractivity contribution in [3.8, 4) is 0 Å². The van der Waals surface area contributed by atoms with E-state index < -0.39 is 0 Å². The predicted molar refractivity (Wildman–Crippen MR) is 70.9 cm³/mol. The molecule has 1 fully saturated rings. The smallest absolute Gasteiger partial charge is 0.224 e. The van der Waals surface area contributed by atoms with Gasteiger partial charge in [0.2, 0.25) is 5.91 Å². The summed E-state index contributed by atoms with van der Waals surface area (Å²) < 4.78 is 0. The van der Waals surface area contributed by atoms with Crippen LogP contribution in [0.3, 0.4) is 0 Å². The number of hydrogen-bond donors (Lipinski definition) is 2. The van der Waals surface area contributed by atoms with Gasteiger partial charge in [0.1, 0.15) is 0 Å². The van der Waals surface area contributed by atoms with E-state index in [1.165, 1.54) is 19.3 Å². The Morgan fingerprint density at radius 3 is 2.71 bits per heavy atom. The number of rotatable bonds is 3. The lowest BCUT2D eigenvalue weighted by molar-refractivity contribution is -0.117. The summed E-state index contributed by atoms with van der Waals surface area (Å²) in [5, 5.41) is 2.95. The standard InChI is InChI=1S/C14H20N2O/c1-9-6-7-12(15)14(10(9)2)16-13(17)8-11-4-3-5-11/h6-7,11H,3-5,8,15H2,1-2H3,(H,16,17). The molecule has 0 aliphatic heterocycles. The van der Waals surface area contributed by atoms with Gasteiger partial charge in [0.15, 0.2) is 0 Å². The average Bonchev–Trinajstić information content (AvgIpc) is 2.24. The van der Waals surface area contributed by atoms with Gasteiger partial charge in [-0.15, -0.1) is 0 Å². The Balaban J connectivity index is 2.06. The van der Waals surface area contributed by atoms with Crippen LogP contribution in [0, 0.1) is 19.8 Å². The van der Waals surface area contributed by atoms with Crippen molar-refractivity contribution in [2.24, 2.45) is 5.92 Å². The number of hydrogen-bond acceptors (Lipinski definition) is 2. The fourth-order valence-corrected chi connectivity index (χ4v) is 2.15. The van der Waals surface area contributed by atoms with Crippen LogP contribution < -0.4 is 11.1 Å². The SMILES string of the molecule is Cc1ccc(N)c(NC(=O)CC2CCC2)c1C. The van der Waals surface area contributed by atoms with Crippen molar-refractivity contribution in [2.75, 3.05) is 11.1 Å². The molecule has 0 unspecified atom stereocenters. The maximum atomic E-state index is 11.9. The summed E-state index contributed by atoms with van der Waals surface area (Å²) in [6.07, 6.45) is 4.28. The van der Waals surface area contributed by atoms with E-state index in [0.29, 0.717) is 18.0 Å². The lowest BCUT2D eigenvalue weighted by Crippen LogP contribution is -2.21. The van der Waals surface area contributed by atoms with E-state index in [2.05, 4.69) is 5.32 Å². The molecule has 92 valence electrons. The van der Waals surface area contributed by atoms with E-state index in [1.54, 1.807) is 0 Å². The molecular formula is C14H20N2O. The Kier molecular flexibility index (Phi) is 3.36. The molecule has 2 rings (SSSR count). The van der Waals surface area contributed by atoms with Crippen LogP contribution >= 0.6 is 0 Å². The Labute approximate surface area is 102 Å². The molecule has 1 aromatic rings. The first-order chi connectivity index (χ1) is 8.08. The molecule has 0 saturated heterocycles. The number of anilines is 2. The molecule has 1 saturated carbocycles. The van der Waals surface area contributed by atoms with Crippen molar-refractivity contribution in [3.63, 3.8) is 0 Å². The molecule has 0 radical (unpaired) electrons. The van der Waals surface area contributed by atoms with E-state index in [4.69, 9.17) is 5.73 Å². The molecular weight excluding hydrogens is 212 g/mol. The van der Waals surface area contributed by atoms with Gasteiger partial charge >= 0.3 is 0 Å². The number of aryl methyl sites for hydroxylation is 1. The molecule has 1 aliphatic rings. The van der Waals surface area contributed by atoms with Crippen molar-refractivity contribution < 1.29 is 4.79 Å². The second kappa shape index (κ2) is 4.78. The van der Waals surface area contributed by atoms with Crippen molar-refractivity contribution in [2.45, 2.75) is 39.5 Å². The molecule has 3 nitrogen and oxygen atoms in total. The first-order valence-corrected chi connectivity index (χ1v) is 6.23. The Morgan fingerprint density at radius 2 is 2.12 bits per heavy atom. The Morgan fingerprint density at radius 1 is 1.41 bits per heavy atom. The molecule has 0 atom stereocenters. The van der Waals surface area contributed by atoms with E-state index >= 15 is 0 Å². The van der Waals surface area contributed by atoms with Gasteiger partial charge in [-0.1, -0.05) is 12.5 Å². The highest BCUT2D eigenvalue weighted by Gasteiger charge is 2.21. The van der Waals surface area contributed by atoms with Crippen molar-refractivity contribution in [3.05, 3.63) is 23.3 Å². The Hall–Kier alpha value is -1.51. The number of benzene rings is 1. The summed E-state index contributed by atoms with van der Waals surface area (Å²) in [6, 6.07) is 3.83. The van der Waals surface area contributed by atoms with Crippen LogP contribution in [0.1, 0.15) is 36.8 Å². The normalized spacial score (nSPS) is 15.4. The van der Waals surface area contributed by atoms with Crippen LogP contribution in [0.5, 0.6) is 0 Å². The minimum absolute atomic E-state index is 0.0927. The summed E-state index contributed by atoms with van der Waals surface area (Å²) in [5.74, 6) is 0.677. The first-order valence-electron chi connectivity index (χ1n) is 6.23. The average molecular weight is 232 g/mol. The van der Waals surface area contributed by atoms with Gasteiger partial charge in [-0.05, 0) is 49.8 Å². The summed E-state index contributed by atoms with van der Waals surface area (Å²) >= 11 is 0. The third-order valence-electron chi connectivity index (χ3n) is 3.73. The number of carbonyl (C=O) groups is 1. The maximum Gasteiger partial charge on any atom is 0.224 e. The highest BCUT2D eigenvalue weighted by Crippen LogP contribution is 2.31. The second-order valence-electron chi connectivity index (χ2n) is 5.02. The van der Waals surface area contributed by atoms with E-state index in [9.17, 15) is 4.79 Å². The topological polar surface area (TPSA) is 55.1 Å². The highest BCUT2D eigenvalue weighted by atomic mass is 16.1. The third kappa shape index (κ3) is 2.60. The largest absolute Gasteiger partial charge is 0.397 e. The summed E-state index contributed by atoms with van der Waals surface area (Å²) in [6.45, 7) is 4.01. The number of nitrogens with two attached hydrogens (primary N) is 1. The summed E-state index contributed by atoms with van der Waals surface area (Å²) in [7, 11) is 0. The molecule has 0 spiro atoms. The Bertz CT molecular complexity index is 436. The van der Waals surface area contributed by atoms with Gasteiger partial charge in [0, 0.05) is 6.42 Å². The third-order valence-corrected chi connectivity index (χ3v) is 3.73. The molecule has 1 amide bonds.